The third kappa shape index (κ3) is 5.49. The van der Waals surface area contributed by atoms with Crippen LogP contribution in [0.1, 0.15) is 49.1 Å². The number of thiophene rings is 1. The molecule has 2 N–H and O–H groups in total. The van der Waals surface area contributed by atoms with Crippen LogP contribution in [0.25, 0.3) is 0 Å². The summed E-state index contributed by atoms with van der Waals surface area (Å²) in [6, 6.07) is 13.8. The van der Waals surface area contributed by atoms with E-state index in [2.05, 4.69) is 29.7 Å². The predicted octanol–water partition coefficient (Wildman–Crippen LogP) is 3.63. The zero-order valence-electron chi connectivity index (χ0n) is 14.1. The van der Waals surface area contributed by atoms with Crippen molar-refractivity contribution in [2.24, 2.45) is 0 Å². The van der Waals surface area contributed by atoms with Gasteiger partial charge in [-0.25, -0.2) is 0 Å². The van der Waals surface area contributed by atoms with Crippen LogP contribution < -0.4 is 10.6 Å². The van der Waals surface area contributed by atoms with Gasteiger partial charge in [0, 0.05) is 24.3 Å². The second-order valence-electron chi connectivity index (χ2n) is 5.79. The molecule has 0 saturated carbocycles. The van der Waals surface area contributed by atoms with Crippen molar-refractivity contribution in [1.82, 2.24) is 10.6 Å². The number of hydrogen-bond donors (Lipinski definition) is 2. The molecular weight excluding hydrogens is 320 g/mol. The Labute approximate surface area is 147 Å². The van der Waals surface area contributed by atoms with Crippen LogP contribution in [0, 0.1) is 0 Å². The van der Waals surface area contributed by atoms with Crippen molar-refractivity contribution >= 4 is 23.2 Å². The Morgan fingerprint density at radius 2 is 1.88 bits per heavy atom. The molecule has 2 rings (SSSR count). The molecule has 1 aromatic carbocycles. The average molecular weight is 344 g/mol. The first-order chi connectivity index (χ1) is 11.6. The van der Waals surface area contributed by atoms with Crippen molar-refractivity contribution in [2.45, 2.75) is 38.6 Å². The second kappa shape index (κ2) is 9.23. The van der Waals surface area contributed by atoms with Crippen LogP contribution in [0.3, 0.4) is 0 Å². The minimum absolute atomic E-state index is 0.0449. The molecule has 128 valence electrons. The van der Waals surface area contributed by atoms with Crippen molar-refractivity contribution in [3.05, 3.63) is 58.3 Å². The first-order valence-corrected chi connectivity index (χ1v) is 9.10. The molecule has 0 saturated heterocycles. The molecule has 1 heterocycles. The van der Waals surface area contributed by atoms with E-state index in [1.807, 2.05) is 35.7 Å². The van der Waals surface area contributed by atoms with Crippen molar-refractivity contribution in [3.8, 4) is 0 Å². The lowest BCUT2D eigenvalue weighted by atomic mass is 9.96. The van der Waals surface area contributed by atoms with Gasteiger partial charge in [-0.05, 0) is 23.4 Å². The summed E-state index contributed by atoms with van der Waals surface area (Å²) in [6.07, 6.45) is 1.22. The van der Waals surface area contributed by atoms with Crippen LogP contribution >= 0.6 is 11.3 Å². The number of rotatable bonds is 8. The lowest BCUT2D eigenvalue weighted by molar-refractivity contribution is -0.122. The van der Waals surface area contributed by atoms with E-state index in [0.717, 1.165) is 11.3 Å². The average Bonchev–Trinajstić information content (AvgIpc) is 3.10. The molecule has 0 bridgehead atoms. The highest BCUT2D eigenvalue weighted by molar-refractivity contribution is 7.10. The zero-order valence-corrected chi connectivity index (χ0v) is 14.9. The van der Waals surface area contributed by atoms with E-state index in [4.69, 9.17) is 0 Å². The number of carbonyl (C=O) groups is 2. The Kier molecular flexibility index (Phi) is 7.00. The normalized spacial score (nSPS) is 13.1. The highest BCUT2D eigenvalue weighted by atomic mass is 32.1. The van der Waals surface area contributed by atoms with Gasteiger partial charge in [0.1, 0.15) is 0 Å². The van der Waals surface area contributed by atoms with Gasteiger partial charge in [0.2, 0.25) is 11.8 Å². The minimum atomic E-state index is -0.265. The summed E-state index contributed by atoms with van der Waals surface area (Å²) in [7, 11) is 0. The summed E-state index contributed by atoms with van der Waals surface area (Å²) in [6.45, 7) is 4.20. The lowest BCUT2D eigenvalue weighted by Crippen LogP contribution is -2.34. The Morgan fingerprint density at radius 1 is 1.12 bits per heavy atom. The summed E-state index contributed by atoms with van der Waals surface area (Å²) in [5.74, 6) is 0.129. The van der Waals surface area contributed by atoms with Crippen molar-refractivity contribution in [3.63, 3.8) is 0 Å². The van der Waals surface area contributed by atoms with Gasteiger partial charge >= 0.3 is 0 Å². The molecular formula is C19H24N2O2S. The van der Waals surface area contributed by atoms with Gasteiger partial charge in [-0.15, -0.1) is 11.3 Å². The van der Waals surface area contributed by atoms with E-state index in [0.29, 0.717) is 12.5 Å². The van der Waals surface area contributed by atoms with E-state index in [9.17, 15) is 9.59 Å². The van der Waals surface area contributed by atoms with Gasteiger partial charge in [-0.2, -0.15) is 0 Å². The summed E-state index contributed by atoms with van der Waals surface area (Å²) in [4.78, 5) is 24.7. The van der Waals surface area contributed by atoms with Crippen LogP contribution in [-0.2, 0) is 9.59 Å². The maximum Gasteiger partial charge on any atom is 0.222 e. The van der Waals surface area contributed by atoms with Gasteiger partial charge in [-0.3, -0.25) is 9.59 Å². The molecule has 2 unspecified atom stereocenters. The maximum absolute atomic E-state index is 12.3. The number of carbonyl (C=O) groups excluding carboxylic acids is 2. The molecule has 4 nitrogen and oxygen atoms in total. The second-order valence-corrected chi connectivity index (χ2v) is 6.77. The fraction of sp³-hybridized carbons (Fsp3) is 0.368. The SMILES string of the molecule is CCC(CNC(=O)CC(NC(C)=O)c1cccs1)c1ccccc1. The smallest absolute Gasteiger partial charge is 0.222 e. The van der Waals surface area contributed by atoms with Crippen LogP contribution in [-0.4, -0.2) is 18.4 Å². The van der Waals surface area contributed by atoms with Crippen LogP contribution in [0.15, 0.2) is 47.8 Å². The molecule has 0 aliphatic rings. The molecule has 0 fully saturated rings. The molecule has 0 aliphatic carbocycles. The van der Waals surface area contributed by atoms with Crippen molar-refractivity contribution in [1.29, 1.82) is 0 Å². The largest absolute Gasteiger partial charge is 0.355 e. The first kappa shape index (κ1) is 18.2. The molecule has 5 heteroatoms. The summed E-state index contributed by atoms with van der Waals surface area (Å²) >= 11 is 1.55. The van der Waals surface area contributed by atoms with Crippen molar-refractivity contribution < 1.29 is 9.59 Å². The molecule has 2 atom stereocenters. The summed E-state index contributed by atoms with van der Waals surface area (Å²) < 4.78 is 0. The minimum Gasteiger partial charge on any atom is -0.355 e. The molecule has 0 radical (unpaired) electrons. The van der Waals surface area contributed by atoms with Crippen LogP contribution in [0.2, 0.25) is 0 Å². The van der Waals surface area contributed by atoms with Gasteiger partial charge in [0.15, 0.2) is 0 Å². The van der Waals surface area contributed by atoms with E-state index >= 15 is 0 Å². The van der Waals surface area contributed by atoms with E-state index in [-0.39, 0.29) is 24.3 Å². The van der Waals surface area contributed by atoms with E-state index in [1.165, 1.54) is 12.5 Å². The predicted molar refractivity (Wildman–Crippen MR) is 98.0 cm³/mol. The topological polar surface area (TPSA) is 58.2 Å². The van der Waals surface area contributed by atoms with E-state index in [1.54, 1.807) is 11.3 Å². The number of nitrogens with one attached hydrogen (secondary N) is 2. The highest BCUT2D eigenvalue weighted by Crippen LogP contribution is 2.22. The van der Waals surface area contributed by atoms with Gasteiger partial charge < -0.3 is 10.6 Å². The van der Waals surface area contributed by atoms with E-state index < -0.39 is 0 Å². The molecule has 2 amide bonds. The summed E-state index contributed by atoms with van der Waals surface area (Å²) in [5.41, 5.74) is 1.23. The monoisotopic (exact) mass is 344 g/mol. The lowest BCUT2D eigenvalue weighted by Gasteiger charge is -2.19. The standard InChI is InChI=1S/C19H24N2O2S/c1-3-15(16-8-5-4-6-9-16)13-20-19(23)12-17(21-14(2)22)18-10-7-11-24-18/h4-11,15,17H,3,12-13H2,1-2H3,(H,20,23)(H,21,22). The Hall–Kier alpha value is -2.14. The Balaban J connectivity index is 1.92. The third-order valence-electron chi connectivity index (χ3n) is 3.96. The first-order valence-electron chi connectivity index (χ1n) is 8.22. The number of benzene rings is 1. The number of amides is 2. The fourth-order valence-electron chi connectivity index (χ4n) is 2.68. The van der Waals surface area contributed by atoms with Crippen molar-refractivity contribution in [2.75, 3.05) is 6.54 Å². The van der Waals surface area contributed by atoms with Gasteiger partial charge in [0.25, 0.3) is 0 Å². The maximum atomic E-state index is 12.3. The quantitative estimate of drug-likeness (QED) is 0.768. The highest BCUT2D eigenvalue weighted by Gasteiger charge is 2.19. The molecule has 24 heavy (non-hydrogen) atoms. The fourth-order valence-corrected chi connectivity index (χ4v) is 3.45. The zero-order chi connectivity index (χ0) is 17.4. The molecule has 2 aromatic rings. The van der Waals surface area contributed by atoms with Crippen LogP contribution in [0.5, 0.6) is 0 Å². The summed E-state index contributed by atoms with van der Waals surface area (Å²) in [5, 5.41) is 7.82. The van der Waals surface area contributed by atoms with Crippen LogP contribution in [0.4, 0.5) is 0 Å². The Morgan fingerprint density at radius 3 is 2.46 bits per heavy atom. The third-order valence-corrected chi connectivity index (χ3v) is 4.95. The number of hydrogen-bond acceptors (Lipinski definition) is 3. The Bertz CT molecular complexity index is 641. The molecule has 1 aromatic heterocycles. The van der Waals surface area contributed by atoms with Gasteiger partial charge in [0.05, 0.1) is 12.5 Å². The molecule has 0 aliphatic heterocycles. The van der Waals surface area contributed by atoms with Gasteiger partial charge in [-0.1, -0.05) is 43.3 Å². The molecule has 0 spiro atoms.